The van der Waals surface area contributed by atoms with Crippen molar-refractivity contribution in [2.75, 3.05) is 26.8 Å². The molecule has 0 bridgehead atoms. The molecule has 0 radical (unpaired) electrons. The van der Waals surface area contributed by atoms with Gasteiger partial charge in [-0.25, -0.2) is 0 Å². The lowest BCUT2D eigenvalue weighted by Crippen LogP contribution is -2.48. The Labute approximate surface area is 162 Å². The molecule has 0 aromatic heterocycles. The van der Waals surface area contributed by atoms with Gasteiger partial charge in [0, 0.05) is 38.3 Å². The first-order valence-electron chi connectivity index (χ1n) is 8.76. The average Bonchev–Trinajstić information content (AvgIpc) is 3.27. The highest BCUT2D eigenvalue weighted by atomic mass is 127. The van der Waals surface area contributed by atoms with E-state index in [1.807, 2.05) is 7.05 Å². The summed E-state index contributed by atoms with van der Waals surface area (Å²) in [7, 11) is 1.85. The van der Waals surface area contributed by atoms with E-state index in [-0.39, 0.29) is 29.4 Å². The zero-order valence-corrected chi connectivity index (χ0v) is 17.3. The number of ether oxygens (including phenoxy) is 1. The molecule has 1 aliphatic carbocycles. The first kappa shape index (κ1) is 19.5. The molecule has 1 saturated carbocycles. The highest BCUT2D eigenvalue weighted by Gasteiger charge is 2.37. The van der Waals surface area contributed by atoms with Crippen LogP contribution in [0.3, 0.4) is 0 Å². The summed E-state index contributed by atoms with van der Waals surface area (Å²) in [5, 5.41) is 7.10. The summed E-state index contributed by atoms with van der Waals surface area (Å²) >= 11 is 0. The summed E-state index contributed by atoms with van der Waals surface area (Å²) < 4.78 is 5.63. The van der Waals surface area contributed by atoms with Gasteiger partial charge in [0.25, 0.3) is 0 Å². The summed E-state index contributed by atoms with van der Waals surface area (Å²) in [4.78, 5) is 4.40. The Morgan fingerprint density at radius 1 is 1.29 bits per heavy atom. The number of aryl methyl sites for hydroxylation is 1. The van der Waals surface area contributed by atoms with Crippen LogP contribution in [-0.4, -0.2) is 38.8 Å². The van der Waals surface area contributed by atoms with Gasteiger partial charge in [0.05, 0.1) is 0 Å². The maximum atomic E-state index is 5.63. The van der Waals surface area contributed by atoms with Crippen molar-refractivity contribution in [2.45, 2.75) is 44.6 Å². The molecule has 134 valence electrons. The largest absolute Gasteiger partial charge is 0.381 e. The van der Waals surface area contributed by atoms with Gasteiger partial charge in [-0.1, -0.05) is 31.2 Å². The fourth-order valence-electron chi connectivity index (χ4n) is 3.62. The van der Waals surface area contributed by atoms with Crippen molar-refractivity contribution in [1.29, 1.82) is 0 Å². The number of nitrogens with one attached hydrogen (secondary N) is 2. The highest BCUT2D eigenvalue weighted by Crippen LogP contribution is 2.36. The molecule has 5 heteroatoms. The van der Waals surface area contributed by atoms with Crippen LogP contribution in [0.25, 0.3) is 0 Å². The fraction of sp³-hybridized carbons (Fsp3) is 0.632. The Kier molecular flexibility index (Phi) is 6.92. The van der Waals surface area contributed by atoms with Crippen LogP contribution < -0.4 is 10.6 Å². The molecule has 1 aromatic carbocycles. The normalized spacial score (nSPS) is 25.5. The Morgan fingerprint density at radius 3 is 2.54 bits per heavy atom. The van der Waals surface area contributed by atoms with Crippen molar-refractivity contribution in [3.63, 3.8) is 0 Å². The molecule has 2 N–H and O–H groups in total. The first-order chi connectivity index (χ1) is 11.1. The maximum absolute atomic E-state index is 5.63. The third kappa shape index (κ3) is 4.42. The van der Waals surface area contributed by atoms with E-state index in [1.165, 1.54) is 17.5 Å². The second kappa shape index (κ2) is 8.52. The van der Waals surface area contributed by atoms with Crippen molar-refractivity contribution >= 4 is 29.9 Å². The van der Waals surface area contributed by atoms with Crippen molar-refractivity contribution in [2.24, 2.45) is 10.9 Å². The minimum Gasteiger partial charge on any atom is -0.381 e. The highest BCUT2D eigenvalue weighted by molar-refractivity contribution is 14.0. The van der Waals surface area contributed by atoms with E-state index < -0.39 is 0 Å². The molecule has 2 aliphatic rings. The third-order valence-corrected chi connectivity index (χ3v) is 5.42. The predicted octanol–water partition coefficient (Wildman–Crippen LogP) is 3.23. The lowest BCUT2D eigenvalue weighted by Gasteiger charge is -2.39. The predicted molar refractivity (Wildman–Crippen MR) is 110 cm³/mol. The zero-order chi connectivity index (χ0) is 16.3. The van der Waals surface area contributed by atoms with Crippen molar-refractivity contribution < 1.29 is 4.74 Å². The molecule has 2 atom stereocenters. The van der Waals surface area contributed by atoms with E-state index in [0.717, 1.165) is 44.5 Å². The molecule has 1 aliphatic heterocycles. The minimum absolute atomic E-state index is 0. The number of nitrogens with zero attached hydrogens (tertiary/aromatic N) is 1. The zero-order valence-electron chi connectivity index (χ0n) is 15.0. The Hall–Kier alpha value is -0.820. The topological polar surface area (TPSA) is 45.7 Å². The quantitative estimate of drug-likeness (QED) is 0.427. The number of halogens is 1. The summed E-state index contributed by atoms with van der Waals surface area (Å²) in [6, 6.07) is 9.35. The number of hydrogen-bond acceptors (Lipinski definition) is 2. The number of hydrogen-bond donors (Lipinski definition) is 2. The van der Waals surface area contributed by atoms with Crippen LogP contribution in [0.4, 0.5) is 0 Å². The summed E-state index contributed by atoms with van der Waals surface area (Å²) in [5.74, 6) is 1.70. The van der Waals surface area contributed by atoms with Crippen molar-refractivity contribution in [3.05, 3.63) is 35.4 Å². The van der Waals surface area contributed by atoms with Gasteiger partial charge in [-0.3, -0.25) is 4.99 Å². The van der Waals surface area contributed by atoms with Crippen LogP contribution in [0.2, 0.25) is 0 Å². The van der Waals surface area contributed by atoms with E-state index in [1.54, 1.807) is 0 Å². The second-order valence-corrected chi connectivity index (χ2v) is 7.10. The molecule has 1 heterocycles. The molecule has 2 unspecified atom stereocenters. The van der Waals surface area contributed by atoms with E-state index in [2.05, 4.69) is 53.7 Å². The van der Waals surface area contributed by atoms with Crippen LogP contribution >= 0.6 is 24.0 Å². The van der Waals surface area contributed by atoms with Crippen molar-refractivity contribution in [3.8, 4) is 0 Å². The number of rotatable bonds is 4. The molecular weight excluding hydrogens is 413 g/mol. The molecular formula is C19H30IN3O. The van der Waals surface area contributed by atoms with Crippen LogP contribution in [0.5, 0.6) is 0 Å². The molecule has 4 nitrogen and oxygen atoms in total. The first-order valence-corrected chi connectivity index (χ1v) is 8.76. The van der Waals surface area contributed by atoms with Crippen LogP contribution in [-0.2, 0) is 10.2 Å². The van der Waals surface area contributed by atoms with Gasteiger partial charge in [-0.15, -0.1) is 24.0 Å². The lowest BCUT2D eigenvalue weighted by molar-refractivity contribution is 0.0512. The van der Waals surface area contributed by atoms with E-state index in [0.29, 0.717) is 6.04 Å². The SMILES string of the molecule is CN=C(NCC1(c2ccccc2C)CCOCC1)NC1CC1C.I. The Balaban J connectivity index is 0.00000208. The van der Waals surface area contributed by atoms with Gasteiger partial charge in [0.1, 0.15) is 0 Å². The van der Waals surface area contributed by atoms with Crippen molar-refractivity contribution in [1.82, 2.24) is 10.6 Å². The van der Waals surface area contributed by atoms with Crippen LogP contribution in [0.15, 0.2) is 29.3 Å². The van der Waals surface area contributed by atoms with Gasteiger partial charge in [-0.05, 0) is 43.2 Å². The molecule has 2 fully saturated rings. The molecule has 1 saturated heterocycles. The number of aliphatic imine (C=N–C) groups is 1. The summed E-state index contributed by atoms with van der Waals surface area (Å²) in [5.41, 5.74) is 2.96. The fourth-order valence-corrected chi connectivity index (χ4v) is 3.62. The smallest absolute Gasteiger partial charge is 0.191 e. The molecule has 1 aromatic rings. The minimum atomic E-state index is 0. The molecule has 0 spiro atoms. The molecule has 0 amide bonds. The Bertz CT molecular complexity index is 569. The second-order valence-electron chi connectivity index (χ2n) is 7.10. The third-order valence-electron chi connectivity index (χ3n) is 5.42. The standard InChI is InChI=1S/C19H29N3O.HI/c1-14-6-4-5-7-16(14)19(8-10-23-11-9-19)13-21-18(20-3)22-17-12-15(17)2;/h4-7,15,17H,8-13H2,1-3H3,(H2,20,21,22);1H. The lowest BCUT2D eigenvalue weighted by atomic mass is 9.72. The maximum Gasteiger partial charge on any atom is 0.191 e. The van der Waals surface area contributed by atoms with Crippen LogP contribution in [0, 0.1) is 12.8 Å². The average molecular weight is 443 g/mol. The van der Waals surface area contributed by atoms with Gasteiger partial charge >= 0.3 is 0 Å². The van der Waals surface area contributed by atoms with Gasteiger partial charge in [0.2, 0.25) is 0 Å². The molecule has 3 rings (SSSR count). The van der Waals surface area contributed by atoms with Gasteiger partial charge in [-0.2, -0.15) is 0 Å². The van der Waals surface area contributed by atoms with E-state index in [4.69, 9.17) is 4.74 Å². The number of guanidine groups is 1. The Morgan fingerprint density at radius 2 is 1.96 bits per heavy atom. The van der Waals surface area contributed by atoms with E-state index in [9.17, 15) is 0 Å². The van der Waals surface area contributed by atoms with Crippen LogP contribution in [0.1, 0.15) is 37.3 Å². The molecule has 24 heavy (non-hydrogen) atoms. The summed E-state index contributed by atoms with van der Waals surface area (Å²) in [6.45, 7) is 7.06. The van der Waals surface area contributed by atoms with Gasteiger partial charge < -0.3 is 15.4 Å². The monoisotopic (exact) mass is 443 g/mol. The van der Waals surface area contributed by atoms with E-state index >= 15 is 0 Å². The number of benzene rings is 1. The summed E-state index contributed by atoms with van der Waals surface area (Å²) in [6.07, 6.45) is 3.36. The van der Waals surface area contributed by atoms with Gasteiger partial charge in [0.15, 0.2) is 5.96 Å².